The molecule has 0 spiro atoms. The Morgan fingerprint density at radius 1 is 0.903 bits per heavy atom. The molecule has 3 aromatic rings. The normalized spacial score (nSPS) is 21.1. The second-order valence-corrected chi connectivity index (χ2v) is 8.67. The Labute approximate surface area is 185 Å². The fourth-order valence-electron chi connectivity index (χ4n) is 4.42. The van der Waals surface area contributed by atoms with Crippen LogP contribution in [-0.4, -0.2) is 30.2 Å². The molecule has 5 nitrogen and oxygen atoms in total. The highest BCUT2D eigenvalue weighted by Crippen LogP contribution is 2.47. The van der Waals surface area contributed by atoms with Gasteiger partial charge in [0.15, 0.2) is 11.5 Å². The van der Waals surface area contributed by atoms with Crippen molar-refractivity contribution in [2.24, 2.45) is 5.10 Å². The zero-order valence-corrected chi connectivity index (χ0v) is 18.0. The molecule has 0 radical (unpaired) electrons. The number of thioether (sulfide) groups is 1. The van der Waals surface area contributed by atoms with Crippen LogP contribution in [0.15, 0.2) is 76.7 Å². The fourth-order valence-corrected chi connectivity index (χ4v) is 4.83. The molecule has 3 aliphatic heterocycles. The summed E-state index contributed by atoms with van der Waals surface area (Å²) in [7, 11) is 0. The van der Waals surface area contributed by atoms with Gasteiger partial charge in [0, 0.05) is 28.0 Å². The van der Waals surface area contributed by atoms with Crippen molar-refractivity contribution in [3.05, 3.63) is 83.4 Å². The van der Waals surface area contributed by atoms with Gasteiger partial charge in [-0.2, -0.15) is 5.10 Å². The smallest absolute Gasteiger partial charge is 0.213 e. The molecule has 0 N–H and O–H groups in total. The van der Waals surface area contributed by atoms with E-state index in [9.17, 15) is 0 Å². The van der Waals surface area contributed by atoms with E-state index in [1.807, 2.05) is 18.2 Å². The molecule has 3 aliphatic rings. The molecule has 0 aliphatic carbocycles. The van der Waals surface area contributed by atoms with Crippen LogP contribution in [-0.2, 0) is 0 Å². The van der Waals surface area contributed by atoms with Crippen LogP contribution >= 0.6 is 11.8 Å². The minimum atomic E-state index is -0.259. The van der Waals surface area contributed by atoms with Gasteiger partial charge in [0.2, 0.25) is 6.23 Å². The number of benzene rings is 3. The highest BCUT2D eigenvalue weighted by atomic mass is 32.2. The van der Waals surface area contributed by atoms with Gasteiger partial charge in [0.25, 0.3) is 0 Å². The van der Waals surface area contributed by atoms with Gasteiger partial charge in [0.05, 0.1) is 11.8 Å². The molecule has 3 aromatic carbocycles. The van der Waals surface area contributed by atoms with E-state index in [0.717, 1.165) is 40.5 Å². The van der Waals surface area contributed by atoms with Gasteiger partial charge in [-0.15, -0.1) is 11.8 Å². The zero-order valence-electron chi connectivity index (χ0n) is 17.2. The van der Waals surface area contributed by atoms with Crippen molar-refractivity contribution in [2.75, 3.05) is 19.5 Å². The maximum absolute atomic E-state index is 6.45. The lowest BCUT2D eigenvalue weighted by Crippen LogP contribution is -2.33. The Morgan fingerprint density at radius 3 is 2.55 bits per heavy atom. The minimum Gasteiger partial charge on any atom is -0.486 e. The third kappa shape index (κ3) is 3.22. The molecule has 156 valence electrons. The van der Waals surface area contributed by atoms with E-state index in [1.54, 1.807) is 11.8 Å². The average molecular weight is 431 g/mol. The Hall–Kier alpha value is -3.12. The van der Waals surface area contributed by atoms with E-state index in [2.05, 4.69) is 59.8 Å². The van der Waals surface area contributed by atoms with Crippen LogP contribution in [0.1, 0.15) is 35.4 Å². The van der Waals surface area contributed by atoms with Crippen molar-refractivity contribution in [3.63, 3.8) is 0 Å². The number of nitrogens with zero attached hydrogens (tertiary/aromatic N) is 2. The van der Waals surface area contributed by atoms with E-state index >= 15 is 0 Å². The van der Waals surface area contributed by atoms with E-state index in [4.69, 9.17) is 19.3 Å². The van der Waals surface area contributed by atoms with Crippen LogP contribution in [0.4, 0.5) is 0 Å². The molecule has 0 amide bonds. The van der Waals surface area contributed by atoms with Crippen LogP contribution in [0.3, 0.4) is 0 Å². The Bertz CT molecular complexity index is 1160. The first-order chi connectivity index (χ1) is 15.3. The van der Waals surface area contributed by atoms with Gasteiger partial charge in [0.1, 0.15) is 19.0 Å². The van der Waals surface area contributed by atoms with Crippen LogP contribution < -0.4 is 14.2 Å². The Balaban J connectivity index is 1.40. The zero-order chi connectivity index (χ0) is 20.8. The Morgan fingerprint density at radius 2 is 1.71 bits per heavy atom. The van der Waals surface area contributed by atoms with E-state index in [-0.39, 0.29) is 12.3 Å². The van der Waals surface area contributed by atoms with Crippen molar-refractivity contribution < 1.29 is 14.2 Å². The molecule has 2 atom stereocenters. The standard InChI is InChI=1S/C25H22N2O3S/c1-31-18-9-6-16(7-10-18)25-27-21(19-4-2-3-5-22(19)30-25)15-20(26-27)17-8-11-23-24(14-17)29-13-12-28-23/h2-11,14,21,25H,12-13,15H2,1H3/t21-,25-/m1/s1. The summed E-state index contributed by atoms with van der Waals surface area (Å²) in [6.45, 7) is 1.17. The maximum atomic E-state index is 6.45. The lowest BCUT2D eigenvalue weighted by atomic mass is 9.96. The molecule has 31 heavy (non-hydrogen) atoms. The number of ether oxygens (including phenoxy) is 3. The predicted molar refractivity (Wildman–Crippen MR) is 121 cm³/mol. The summed E-state index contributed by atoms with van der Waals surface area (Å²) in [6.07, 6.45) is 2.65. The summed E-state index contributed by atoms with van der Waals surface area (Å²) >= 11 is 1.74. The predicted octanol–water partition coefficient (Wildman–Crippen LogP) is 5.42. The highest BCUT2D eigenvalue weighted by Gasteiger charge is 2.41. The van der Waals surface area contributed by atoms with Crippen molar-refractivity contribution in [3.8, 4) is 17.2 Å². The monoisotopic (exact) mass is 430 g/mol. The van der Waals surface area contributed by atoms with E-state index in [1.165, 1.54) is 10.5 Å². The lowest BCUT2D eigenvalue weighted by Gasteiger charge is -2.38. The van der Waals surface area contributed by atoms with Gasteiger partial charge in [-0.1, -0.05) is 30.3 Å². The lowest BCUT2D eigenvalue weighted by molar-refractivity contribution is -0.0190. The van der Waals surface area contributed by atoms with Gasteiger partial charge < -0.3 is 14.2 Å². The second kappa shape index (κ2) is 7.54. The van der Waals surface area contributed by atoms with Gasteiger partial charge >= 0.3 is 0 Å². The SMILES string of the molecule is CSc1ccc([C@H]2Oc3ccccc3[C@H]3CC(c4ccc5c(c4)OCCO5)=NN32)cc1. The number of para-hydroxylation sites is 1. The maximum Gasteiger partial charge on any atom is 0.213 e. The van der Waals surface area contributed by atoms with Gasteiger partial charge in [-0.3, -0.25) is 0 Å². The van der Waals surface area contributed by atoms with Crippen LogP contribution in [0.2, 0.25) is 0 Å². The summed E-state index contributed by atoms with van der Waals surface area (Å²) < 4.78 is 17.9. The number of rotatable bonds is 3. The highest BCUT2D eigenvalue weighted by molar-refractivity contribution is 7.98. The first kappa shape index (κ1) is 18.6. The molecule has 0 unspecified atom stereocenters. The van der Waals surface area contributed by atoms with E-state index < -0.39 is 0 Å². The summed E-state index contributed by atoms with van der Waals surface area (Å²) in [4.78, 5) is 1.23. The molecule has 6 heteroatoms. The van der Waals surface area contributed by atoms with Crippen LogP contribution in [0.25, 0.3) is 0 Å². The summed E-state index contributed by atoms with van der Waals surface area (Å²) in [5.41, 5.74) is 4.38. The van der Waals surface area contributed by atoms with Crippen LogP contribution in [0, 0.1) is 0 Å². The largest absolute Gasteiger partial charge is 0.486 e. The first-order valence-corrected chi connectivity index (χ1v) is 11.7. The van der Waals surface area contributed by atoms with E-state index in [0.29, 0.717) is 13.2 Å². The molecule has 6 rings (SSSR count). The summed E-state index contributed by atoms with van der Waals surface area (Å²) in [5, 5.41) is 7.17. The number of hydrazone groups is 1. The van der Waals surface area contributed by atoms with Crippen LogP contribution in [0.5, 0.6) is 17.2 Å². The first-order valence-electron chi connectivity index (χ1n) is 10.5. The summed E-state index contributed by atoms with van der Waals surface area (Å²) in [6, 6.07) is 23.1. The summed E-state index contributed by atoms with van der Waals surface area (Å²) in [5.74, 6) is 2.52. The molecular weight excluding hydrogens is 408 g/mol. The quantitative estimate of drug-likeness (QED) is 0.519. The van der Waals surface area contributed by atoms with Crippen molar-refractivity contribution in [1.82, 2.24) is 5.01 Å². The number of hydrogen-bond acceptors (Lipinski definition) is 6. The second-order valence-electron chi connectivity index (χ2n) is 7.79. The molecule has 0 fully saturated rings. The molecule has 0 aromatic heterocycles. The number of hydrogen-bond donors (Lipinski definition) is 0. The third-order valence-corrected chi connectivity index (χ3v) is 6.72. The molecule has 0 bridgehead atoms. The van der Waals surface area contributed by atoms with Gasteiger partial charge in [-0.05, 0) is 42.7 Å². The van der Waals surface area contributed by atoms with Crippen molar-refractivity contribution in [1.29, 1.82) is 0 Å². The van der Waals surface area contributed by atoms with Crippen molar-refractivity contribution in [2.45, 2.75) is 23.6 Å². The average Bonchev–Trinajstić information content (AvgIpc) is 3.29. The molecular formula is C25H22N2O3S. The third-order valence-electron chi connectivity index (χ3n) is 5.98. The fraction of sp³-hybridized carbons (Fsp3) is 0.240. The van der Waals surface area contributed by atoms with Crippen molar-refractivity contribution >= 4 is 17.5 Å². The minimum absolute atomic E-state index is 0.137. The number of fused-ring (bicyclic) bond motifs is 4. The molecule has 3 heterocycles. The molecule has 0 saturated carbocycles. The van der Waals surface area contributed by atoms with Gasteiger partial charge in [-0.25, -0.2) is 5.01 Å². The Kier molecular flexibility index (Phi) is 4.53. The topological polar surface area (TPSA) is 43.3 Å². The molecule has 0 saturated heterocycles.